The molecule has 2 aromatic heterocycles. The van der Waals surface area contributed by atoms with Crippen LogP contribution in [0.15, 0.2) is 36.6 Å². The van der Waals surface area contributed by atoms with Gasteiger partial charge in [-0.15, -0.1) is 0 Å². The van der Waals surface area contributed by atoms with E-state index in [-0.39, 0.29) is 34.0 Å². The number of aryl methyl sites for hydroxylation is 2. The maximum Gasteiger partial charge on any atom is 0.170 e. The number of aromatic nitrogens is 3. The van der Waals surface area contributed by atoms with Gasteiger partial charge < -0.3 is 9.13 Å². The van der Waals surface area contributed by atoms with Crippen LogP contribution < -0.4 is 0 Å². The van der Waals surface area contributed by atoms with E-state index in [9.17, 15) is 4.79 Å². The van der Waals surface area contributed by atoms with E-state index in [0.717, 1.165) is 10.4 Å². The van der Waals surface area contributed by atoms with Crippen molar-refractivity contribution in [1.29, 1.82) is 0 Å². The first-order chi connectivity index (χ1) is 13.5. The summed E-state index contributed by atoms with van der Waals surface area (Å²) in [6.45, 7) is -0.455. The number of rotatable bonds is 2. The van der Waals surface area contributed by atoms with Crippen LogP contribution in [0.1, 0.15) is 37.9 Å². The molecule has 0 saturated heterocycles. The first-order valence-electron chi connectivity index (χ1n) is 10.7. The van der Waals surface area contributed by atoms with Gasteiger partial charge in [-0.3, -0.25) is 4.79 Å². The molecule has 0 saturated carbocycles. The lowest BCUT2D eigenvalue weighted by atomic mass is 9.85. The van der Waals surface area contributed by atoms with Gasteiger partial charge in [-0.2, -0.15) is 0 Å². The van der Waals surface area contributed by atoms with Gasteiger partial charge in [0.05, 0.1) is 5.48 Å². The van der Waals surface area contributed by atoms with E-state index in [0.29, 0.717) is 19.4 Å². The van der Waals surface area contributed by atoms with Gasteiger partial charge in [0.25, 0.3) is 0 Å². The van der Waals surface area contributed by atoms with Gasteiger partial charge in [0.15, 0.2) is 5.78 Å². The van der Waals surface area contributed by atoms with Crippen molar-refractivity contribution in [3.63, 3.8) is 0 Å². The third-order valence-electron chi connectivity index (χ3n) is 4.39. The summed E-state index contributed by atoms with van der Waals surface area (Å²) in [5.74, 6) is 0.0392. The Balaban J connectivity index is 1.98. The molecular formula is C18H19N3O. The third kappa shape index (κ3) is 1.83. The molecule has 22 heavy (non-hydrogen) atoms. The van der Waals surface area contributed by atoms with Crippen molar-refractivity contribution in [2.45, 2.75) is 26.3 Å². The van der Waals surface area contributed by atoms with Gasteiger partial charge in [0.1, 0.15) is 5.82 Å². The highest BCUT2D eigenvalue weighted by Crippen LogP contribution is 2.34. The van der Waals surface area contributed by atoms with Crippen molar-refractivity contribution < 1.29 is 14.4 Å². The number of ketones is 1. The Hall–Kier alpha value is -2.36. The molecule has 2 heterocycles. The summed E-state index contributed by atoms with van der Waals surface area (Å²) in [5, 5.41) is -0.000761. The van der Waals surface area contributed by atoms with E-state index in [4.69, 9.17) is 9.60 Å². The molecule has 1 aromatic carbocycles. The molecule has 0 amide bonds. The highest BCUT2D eigenvalue weighted by Gasteiger charge is 2.32. The number of para-hydroxylation sites is 1. The predicted octanol–water partition coefficient (Wildman–Crippen LogP) is 3.13. The molecule has 1 aliphatic rings. The second-order valence-corrected chi connectivity index (χ2v) is 5.61. The largest absolute Gasteiger partial charge is 0.347 e. The highest BCUT2D eigenvalue weighted by atomic mass is 16.1. The monoisotopic (exact) mass is 300 g/mol. The van der Waals surface area contributed by atoms with Gasteiger partial charge >= 0.3 is 0 Å². The van der Waals surface area contributed by atoms with E-state index in [1.54, 1.807) is 12.4 Å². The fourth-order valence-corrected chi connectivity index (χ4v) is 3.20. The number of carbonyl (C=O) groups is 1. The maximum absolute atomic E-state index is 13.4. The van der Waals surface area contributed by atoms with Crippen LogP contribution in [0.5, 0.6) is 0 Å². The number of imidazole rings is 1. The Morgan fingerprint density at radius 1 is 1.45 bits per heavy atom. The SMILES string of the molecule is [2H]c1c([2H])c([2H])c2c(c1[2H])c1c(n2C([2H])([2H])[2H])CCC(Cn2ccnc2C)C1=O. The van der Waals surface area contributed by atoms with Crippen LogP contribution in [0.3, 0.4) is 0 Å². The number of nitrogens with zero attached hydrogens (tertiary/aromatic N) is 3. The quantitative estimate of drug-likeness (QED) is 0.729. The van der Waals surface area contributed by atoms with E-state index in [1.807, 2.05) is 11.5 Å². The van der Waals surface area contributed by atoms with Crippen LogP contribution in [0.25, 0.3) is 10.9 Å². The molecule has 4 rings (SSSR count). The van der Waals surface area contributed by atoms with Gasteiger partial charge in [-0.25, -0.2) is 4.98 Å². The normalized spacial score (nSPS) is 23.0. The number of hydrogen-bond donors (Lipinski definition) is 0. The molecule has 1 atom stereocenters. The molecule has 0 aliphatic heterocycles. The van der Waals surface area contributed by atoms with Crippen LogP contribution in [0, 0.1) is 12.8 Å². The molecule has 0 radical (unpaired) electrons. The minimum Gasteiger partial charge on any atom is -0.347 e. The summed E-state index contributed by atoms with van der Waals surface area (Å²) in [6, 6.07) is -1.82. The topological polar surface area (TPSA) is 39.8 Å². The van der Waals surface area contributed by atoms with Crippen molar-refractivity contribution in [2.75, 3.05) is 0 Å². The zero-order valence-corrected chi connectivity index (χ0v) is 12.1. The van der Waals surface area contributed by atoms with Crippen LogP contribution in [0.4, 0.5) is 0 Å². The summed E-state index contributed by atoms with van der Waals surface area (Å²) in [6.07, 6.45) is 4.14. The van der Waals surface area contributed by atoms with Crippen LogP contribution >= 0.6 is 0 Å². The maximum atomic E-state index is 13.4. The Morgan fingerprint density at radius 3 is 3.09 bits per heavy atom. The van der Waals surface area contributed by atoms with Gasteiger partial charge in [-0.05, 0) is 25.8 Å². The number of carbonyl (C=O) groups excluding carboxylic acids is 1. The average Bonchev–Trinajstić information content (AvgIpc) is 3.21. The molecule has 0 spiro atoms. The molecule has 4 nitrogen and oxygen atoms in total. The number of Topliss-reactive ketones (excluding diaryl/α,β-unsaturated/α-hetero) is 1. The first-order valence-corrected chi connectivity index (χ1v) is 7.20. The Morgan fingerprint density at radius 2 is 2.32 bits per heavy atom. The number of hydrogen-bond acceptors (Lipinski definition) is 2. The van der Waals surface area contributed by atoms with E-state index >= 15 is 0 Å². The fraction of sp³-hybridized carbons (Fsp3) is 0.333. The Labute approximate surface area is 139 Å². The second kappa shape index (κ2) is 4.83. The minimum absolute atomic E-state index is 0.000761. The van der Waals surface area contributed by atoms with Crippen LogP contribution in [-0.2, 0) is 19.9 Å². The van der Waals surface area contributed by atoms with Gasteiger partial charge in [-0.1, -0.05) is 18.1 Å². The molecule has 0 N–H and O–H groups in total. The summed E-state index contributed by atoms with van der Waals surface area (Å²) in [7, 11) is 0. The first kappa shape index (κ1) is 7.77. The van der Waals surface area contributed by atoms with Crippen molar-refractivity contribution in [2.24, 2.45) is 12.9 Å². The number of benzene rings is 1. The smallest absolute Gasteiger partial charge is 0.170 e. The van der Waals surface area contributed by atoms with E-state index in [2.05, 4.69) is 4.98 Å². The zero-order chi connectivity index (χ0) is 21.2. The average molecular weight is 300 g/mol. The lowest BCUT2D eigenvalue weighted by molar-refractivity contribution is 0.0888. The summed E-state index contributed by atoms with van der Waals surface area (Å²) in [4.78, 5) is 17.5. The lowest BCUT2D eigenvalue weighted by Gasteiger charge is -2.23. The molecule has 4 heteroatoms. The molecule has 112 valence electrons. The highest BCUT2D eigenvalue weighted by molar-refractivity contribution is 6.11. The fourth-order valence-electron chi connectivity index (χ4n) is 3.20. The molecular weight excluding hydrogens is 274 g/mol. The van der Waals surface area contributed by atoms with Crippen LogP contribution in [-0.4, -0.2) is 19.9 Å². The van der Waals surface area contributed by atoms with Crippen molar-refractivity contribution in [3.05, 3.63) is 53.6 Å². The molecule has 1 unspecified atom stereocenters. The molecule has 0 bridgehead atoms. The van der Waals surface area contributed by atoms with Crippen molar-refractivity contribution >= 4 is 16.7 Å². The van der Waals surface area contributed by atoms with Crippen LogP contribution in [0.2, 0.25) is 0 Å². The minimum atomic E-state index is -2.67. The molecule has 1 aliphatic carbocycles. The molecule has 0 fully saturated rings. The summed E-state index contributed by atoms with van der Waals surface area (Å²) >= 11 is 0. The van der Waals surface area contributed by atoms with Crippen molar-refractivity contribution in [1.82, 2.24) is 14.1 Å². The van der Waals surface area contributed by atoms with Gasteiger partial charge in [0, 0.05) is 58.1 Å². The summed E-state index contributed by atoms with van der Waals surface area (Å²) < 4.78 is 59.1. The van der Waals surface area contributed by atoms with Crippen molar-refractivity contribution in [3.8, 4) is 0 Å². The Kier molecular flexibility index (Phi) is 1.71. The predicted molar refractivity (Wildman–Crippen MR) is 86.0 cm³/mol. The number of fused-ring (bicyclic) bond motifs is 3. The Bertz CT molecular complexity index is 1160. The standard InChI is InChI=1S/C18H19N3O/c1-12-19-9-10-21(12)11-13-7-8-16-17(18(13)22)14-5-3-4-6-15(14)20(16)2/h3-6,9-10,13H,7-8,11H2,1-2H3/i2D3,3D,4D,5D,6D. The third-order valence-corrected chi connectivity index (χ3v) is 4.39. The second-order valence-electron chi connectivity index (χ2n) is 5.61. The summed E-state index contributed by atoms with van der Waals surface area (Å²) in [5.41, 5.74) is 0.238. The van der Waals surface area contributed by atoms with E-state index < -0.39 is 31.0 Å². The lowest BCUT2D eigenvalue weighted by Crippen LogP contribution is -2.27. The van der Waals surface area contributed by atoms with E-state index in [1.165, 1.54) is 0 Å². The van der Waals surface area contributed by atoms with Gasteiger partial charge in [0.2, 0.25) is 0 Å². The zero-order valence-electron chi connectivity index (χ0n) is 19.1. The molecule has 3 aromatic rings.